The Morgan fingerprint density at radius 3 is 2.82 bits per heavy atom. The molecular weight excluding hydrogens is 221 g/mol. The van der Waals surface area contributed by atoms with Gasteiger partial charge in [-0.2, -0.15) is 0 Å². The van der Waals surface area contributed by atoms with E-state index in [1.54, 1.807) is 6.07 Å². The minimum absolute atomic E-state index is 0.00534. The van der Waals surface area contributed by atoms with Crippen molar-refractivity contribution in [2.24, 2.45) is 5.92 Å². The third-order valence-electron chi connectivity index (χ3n) is 3.40. The number of hydrogen-bond acceptors (Lipinski definition) is 2. The molecule has 1 aliphatic rings. The van der Waals surface area contributed by atoms with Gasteiger partial charge in [0.1, 0.15) is 5.82 Å². The smallest absolute Gasteiger partial charge is 0.308 e. The summed E-state index contributed by atoms with van der Waals surface area (Å²) in [5, 5.41) is 12.2. The number of rotatable bonds is 4. The van der Waals surface area contributed by atoms with Crippen LogP contribution in [-0.4, -0.2) is 17.1 Å². The molecule has 2 unspecified atom stereocenters. The van der Waals surface area contributed by atoms with Crippen LogP contribution in [0.2, 0.25) is 0 Å². The number of carbonyl (C=O) groups is 1. The molecule has 1 aromatic rings. The summed E-state index contributed by atoms with van der Waals surface area (Å²) in [6.07, 6.45) is 1.60. The van der Waals surface area contributed by atoms with Crippen LogP contribution in [0.4, 0.5) is 4.39 Å². The summed E-state index contributed by atoms with van der Waals surface area (Å²) in [7, 11) is 0. The van der Waals surface area contributed by atoms with Gasteiger partial charge in [-0.05, 0) is 37.5 Å². The van der Waals surface area contributed by atoms with Crippen LogP contribution in [0.25, 0.3) is 0 Å². The molecule has 17 heavy (non-hydrogen) atoms. The topological polar surface area (TPSA) is 49.3 Å². The number of aliphatic carboxylic acids is 1. The zero-order chi connectivity index (χ0) is 12.4. The van der Waals surface area contributed by atoms with Crippen LogP contribution in [0.15, 0.2) is 24.3 Å². The monoisotopic (exact) mass is 237 g/mol. The van der Waals surface area contributed by atoms with Crippen molar-refractivity contribution in [3.63, 3.8) is 0 Å². The molecule has 0 aromatic heterocycles. The Hall–Kier alpha value is -1.42. The van der Waals surface area contributed by atoms with Gasteiger partial charge in [-0.1, -0.05) is 12.1 Å². The van der Waals surface area contributed by atoms with Gasteiger partial charge in [0.25, 0.3) is 0 Å². The van der Waals surface area contributed by atoms with Crippen LogP contribution < -0.4 is 5.32 Å². The molecule has 92 valence electrons. The van der Waals surface area contributed by atoms with Gasteiger partial charge in [0.05, 0.1) is 5.92 Å². The molecule has 0 radical (unpaired) electrons. The van der Waals surface area contributed by atoms with Crippen LogP contribution in [-0.2, 0) is 4.79 Å². The van der Waals surface area contributed by atoms with Crippen molar-refractivity contribution in [2.75, 3.05) is 0 Å². The maximum atomic E-state index is 13.0. The Kier molecular flexibility index (Phi) is 3.43. The summed E-state index contributed by atoms with van der Waals surface area (Å²) < 4.78 is 13.0. The fourth-order valence-corrected chi connectivity index (χ4v) is 2.19. The lowest BCUT2D eigenvalue weighted by Crippen LogP contribution is -2.48. The molecule has 1 saturated carbocycles. The maximum absolute atomic E-state index is 13.0. The molecule has 2 N–H and O–H groups in total. The summed E-state index contributed by atoms with van der Waals surface area (Å²) >= 11 is 0. The van der Waals surface area contributed by atoms with Gasteiger partial charge in [-0.25, -0.2) is 4.39 Å². The van der Waals surface area contributed by atoms with Crippen molar-refractivity contribution in [3.8, 4) is 0 Å². The predicted octanol–water partition coefficient (Wildman–Crippen LogP) is 2.34. The first kappa shape index (κ1) is 12.0. The van der Waals surface area contributed by atoms with Crippen LogP contribution in [0.3, 0.4) is 0 Å². The summed E-state index contributed by atoms with van der Waals surface area (Å²) in [6, 6.07) is 6.36. The van der Waals surface area contributed by atoms with E-state index in [9.17, 15) is 9.18 Å². The molecule has 3 nitrogen and oxygen atoms in total. The summed E-state index contributed by atoms with van der Waals surface area (Å²) in [5.74, 6) is -1.31. The maximum Gasteiger partial charge on any atom is 0.308 e. The van der Waals surface area contributed by atoms with Gasteiger partial charge in [0.2, 0.25) is 0 Å². The summed E-state index contributed by atoms with van der Waals surface area (Å²) in [4.78, 5) is 10.9. The Morgan fingerprint density at radius 1 is 1.53 bits per heavy atom. The molecule has 1 aromatic carbocycles. The van der Waals surface area contributed by atoms with E-state index in [0.29, 0.717) is 0 Å². The number of halogens is 1. The second kappa shape index (κ2) is 4.84. The molecule has 0 heterocycles. The first-order chi connectivity index (χ1) is 8.08. The van der Waals surface area contributed by atoms with Gasteiger partial charge in [0, 0.05) is 12.1 Å². The fourth-order valence-electron chi connectivity index (χ4n) is 2.19. The highest BCUT2D eigenvalue weighted by Gasteiger charge is 2.37. The highest BCUT2D eigenvalue weighted by Crippen LogP contribution is 2.29. The highest BCUT2D eigenvalue weighted by molar-refractivity contribution is 5.72. The molecular formula is C13H16FNO2. The molecule has 0 aliphatic heterocycles. The lowest BCUT2D eigenvalue weighted by Gasteiger charge is -2.36. The average molecular weight is 237 g/mol. The minimum Gasteiger partial charge on any atom is -0.481 e. The van der Waals surface area contributed by atoms with E-state index < -0.39 is 5.97 Å². The minimum atomic E-state index is -0.750. The zero-order valence-electron chi connectivity index (χ0n) is 9.69. The third kappa shape index (κ3) is 2.64. The molecule has 1 aliphatic carbocycles. The molecule has 0 amide bonds. The van der Waals surface area contributed by atoms with Gasteiger partial charge in [0.15, 0.2) is 0 Å². The van der Waals surface area contributed by atoms with Gasteiger partial charge in [-0.15, -0.1) is 0 Å². The number of carboxylic acids is 1. The van der Waals surface area contributed by atoms with Crippen molar-refractivity contribution in [1.29, 1.82) is 0 Å². The third-order valence-corrected chi connectivity index (χ3v) is 3.40. The van der Waals surface area contributed by atoms with Crippen molar-refractivity contribution in [3.05, 3.63) is 35.6 Å². The zero-order valence-corrected chi connectivity index (χ0v) is 9.69. The van der Waals surface area contributed by atoms with E-state index in [4.69, 9.17) is 5.11 Å². The van der Waals surface area contributed by atoms with E-state index in [1.165, 1.54) is 12.1 Å². The largest absolute Gasteiger partial charge is 0.481 e. The predicted molar refractivity (Wildman–Crippen MR) is 62.1 cm³/mol. The number of nitrogens with one attached hydrogen (secondary N) is 1. The molecule has 0 bridgehead atoms. The number of benzene rings is 1. The standard InChI is InChI=1S/C13H16FNO2/c1-8(9-3-2-4-10(14)7-9)15-12-6-5-11(12)13(16)17/h2-4,7-8,11-12,15H,5-6H2,1H3,(H,16,17)/t8-,11?,12?/m0/s1. The number of carboxylic acid groups (broad SMARTS) is 1. The second-order valence-corrected chi connectivity index (χ2v) is 4.57. The van der Waals surface area contributed by atoms with E-state index in [2.05, 4.69) is 5.32 Å². The first-order valence-corrected chi connectivity index (χ1v) is 5.82. The van der Waals surface area contributed by atoms with E-state index in [0.717, 1.165) is 18.4 Å². The Labute approximate surface area is 99.7 Å². The molecule has 2 rings (SSSR count). The summed E-state index contributed by atoms with van der Waals surface area (Å²) in [5.41, 5.74) is 0.848. The first-order valence-electron chi connectivity index (χ1n) is 5.82. The van der Waals surface area contributed by atoms with Gasteiger partial charge in [-0.3, -0.25) is 4.79 Å². The molecule has 3 atom stereocenters. The Balaban J connectivity index is 1.98. The van der Waals surface area contributed by atoms with Crippen LogP contribution in [0, 0.1) is 11.7 Å². The van der Waals surface area contributed by atoms with Crippen molar-refractivity contribution >= 4 is 5.97 Å². The van der Waals surface area contributed by atoms with Crippen molar-refractivity contribution in [1.82, 2.24) is 5.32 Å². The molecule has 4 heteroatoms. The quantitative estimate of drug-likeness (QED) is 0.845. The second-order valence-electron chi connectivity index (χ2n) is 4.57. The van der Waals surface area contributed by atoms with Crippen molar-refractivity contribution in [2.45, 2.75) is 31.8 Å². The SMILES string of the molecule is C[C@H](NC1CCC1C(=O)O)c1cccc(F)c1. The molecule has 0 spiro atoms. The van der Waals surface area contributed by atoms with Crippen molar-refractivity contribution < 1.29 is 14.3 Å². The van der Waals surface area contributed by atoms with Gasteiger partial charge < -0.3 is 10.4 Å². The number of hydrogen-bond donors (Lipinski definition) is 2. The fraction of sp³-hybridized carbons (Fsp3) is 0.462. The average Bonchev–Trinajstić information content (AvgIpc) is 2.23. The lowest BCUT2D eigenvalue weighted by atomic mass is 9.79. The highest BCUT2D eigenvalue weighted by atomic mass is 19.1. The lowest BCUT2D eigenvalue weighted by molar-refractivity contribution is -0.146. The van der Waals surface area contributed by atoms with Crippen LogP contribution in [0.5, 0.6) is 0 Å². The Bertz CT molecular complexity index is 422. The van der Waals surface area contributed by atoms with Crippen LogP contribution in [0.1, 0.15) is 31.4 Å². The normalized spacial score (nSPS) is 25.1. The molecule has 1 fully saturated rings. The van der Waals surface area contributed by atoms with E-state index >= 15 is 0 Å². The van der Waals surface area contributed by atoms with Gasteiger partial charge >= 0.3 is 5.97 Å². The van der Waals surface area contributed by atoms with E-state index in [-0.39, 0.29) is 23.8 Å². The van der Waals surface area contributed by atoms with Crippen LogP contribution >= 0.6 is 0 Å². The molecule has 0 saturated heterocycles. The van der Waals surface area contributed by atoms with E-state index in [1.807, 2.05) is 13.0 Å². The Morgan fingerprint density at radius 2 is 2.29 bits per heavy atom. The summed E-state index contributed by atoms with van der Waals surface area (Å²) in [6.45, 7) is 1.92.